The number of aliphatic hydroxyl groups excluding tert-OH is 1. The van der Waals surface area contributed by atoms with E-state index in [1.54, 1.807) is 12.1 Å². The molecule has 0 spiro atoms. The molecule has 1 aromatic rings. The molecule has 0 bridgehead atoms. The Morgan fingerprint density at radius 2 is 2.33 bits per heavy atom. The van der Waals surface area contributed by atoms with E-state index in [1.165, 1.54) is 0 Å². The number of hydrogen-bond acceptors (Lipinski definition) is 4. The summed E-state index contributed by atoms with van der Waals surface area (Å²) >= 11 is 0. The van der Waals surface area contributed by atoms with Crippen LogP contribution < -0.4 is 4.90 Å². The van der Waals surface area contributed by atoms with Crippen molar-refractivity contribution in [1.82, 2.24) is 4.98 Å². The van der Waals surface area contributed by atoms with Gasteiger partial charge in [0.05, 0.1) is 11.7 Å². The van der Waals surface area contributed by atoms with Crippen molar-refractivity contribution < 1.29 is 15.0 Å². The molecule has 5 heteroatoms. The Labute approximate surface area is 106 Å². The van der Waals surface area contributed by atoms with E-state index in [2.05, 4.69) is 4.98 Å². The summed E-state index contributed by atoms with van der Waals surface area (Å²) in [4.78, 5) is 17.5. The average molecular weight is 250 g/mol. The maximum Gasteiger partial charge on any atom is 0.335 e. The zero-order chi connectivity index (χ0) is 13.1. The van der Waals surface area contributed by atoms with E-state index < -0.39 is 5.97 Å². The lowest BCUT2D eigenvalue weighted by Crippen LogP contribution is -2.38. The quantitative estimate of drug-likeness (QED) is 0.846. The molecule has 0 saturated carbocycles. The largest absolute Gasteiger partial charge is 0.478 e. The number of carbonyl (C=O) groups is 1. The summed E-state index contributed by atoms with van der Waals surface area (Å²) < 4.78 is 0. The van der Waals surface area contributed by atoms with Crippen LogP contribution in [0.5, 0.6) is 0 Å². The molecule has 1 saturated heterocycles. The van der Waals surface area contributed by atoms with Gasteiger partial charge in [-0.15, -0.1) is 0 Å². The van der Waals surface area contributed by atoms with Gasteiger partial charge in [-0.2, -0.15) is 0 Å². The summed E-state index contributed by atoms with van der Waals surface area (Å²) in [7, 11) is 0. The lowest BCUT2D eigenvalue weighted by molar-refractivity contribution is 0.0696. The number of aryl methyl sites for hydroxylation is 1. The van der Waals surface area contributed by atoms with Crippen LogP contribution >= 0.6 is 0 Å². The summed E-state index contributed by atoms with van der Waals surface area (Å²) in [6.45, 7) is 3.29. The number of carboxylic acids is 1. The van der Waals surface area contributed by atoms with Crippen molar-refractivity contribution in [2.24, 2.45) is 0 Å². The van der Waals surface area contributed by atoms with Gasteiger partial charge in [-0.05, 0) is 31.4 Å². The van der Waals surface area contributed by atoms with E-state index in [-0.39, 0.29) is 11.7 Å². The molecule has 1 aromatic heterocycles. The van der Waals surface area contributed by atoms with Crippen molar-refractivity contribution in [2.45, 2.75) is 32.3 Å². The zero-order valence-electron chi connectivity index (χ0n) is 10.5. The first-order valence-corrected chi connectivity index (χ1v) is 6.27. The number of rotatable bonds is 3. The van der Waals surface area contributed by atoms with Gasteiger partial charge in [-0.25, -0.2) is 9.78 Å². The van der Waals surface area contributed by atoms with Crippen LogP contribution in [0.15, 0.2) is 12.1 Å². The number of aromatic nitrogens is 1. The van der Waals surface area contributed by atoms with Gasteiger partial charge in [0.2, 0.25) is 0 Å². The number of β-amino-alcohol motifs (C(OH)–C–C–N with tert-alkyl or cyclic N) is 1. The normalized spacial score (nSPS) is 19.9. The van der Waals surface area contributed by atoms with E-state index in [4.69, 9.17) is 5.11 Å². The van der Waals surface area contributed by atoms with Gasteiger partial charge >= 0.3 is 5.97 Å². The Bertz CT molecular complexity index is 448. The molecule has 0 amide bonds. The highest BCUT2D eigenvalue weighted by molar-refractivity contribution is 5.88. The highest BCUT2D eigenvalue weighted by Crippen LogP contribution is 2.20. The molecule has 2 heterocycles. The minimum absolute atomic E-state index is 0.261. The van der Waals surface area contributed by atoms with E-state index in [9.17, 15) is 9.90 Å². The fourth-order valence-corrected chi connectivity index (χ4v) is 2.20. The molecule has 2 N–H and O–H groups in total. The lowest BCUT2D eigenvalue weighted by atomic mass is 10.1. The number of piperidine rings is 1. The maximum absolute atomic E-state index is 11.1. The van der Waals surface area contributed by atoms with E-state index in [1.807, 2.05) is 11.8 Å². The fraction of sp³-hybridized carbons (Fsp3) is 0.538. The smallest absolute Gasteiger partial charge is 0.335 e. The van der Waals surface area contributed by atoms with Crippen LogP contribution in [-0.4, -0.2) is 40.4 Å². The number of aromatic carboxylic acids is 1. The topological polar surface area (TPSA) is 73.7 Å². The zero-order valence-corrected chi connectivity index (χ0v) is 10.5. The first-order chi connectivity index (χ1) is 8.60. The van der Waals surface area contributed by atoms with Crippen LogP contribution in [0.1, 0.15) is 35.8 Å². The van der Waals surface area contributed by atoms with Crippen LogP contribution in [0.4, 0.5) is 5.82 Å². The Morgan fingerprint density at radius 3 is 2.94 bits per heavy atom. The van der Waals surface area contributed by atoms with Crippen LogP contribution in [0.25, 0.3) is 0 Å². The second-order valence-corrected chi connectivity index (χ2v) is 4.61. The molecule has 1 atom stereocenters. The minimum atomic E-state index is -0.939. The number of hydrogen-bond donors (Lipinski definition) is 2. The molecule has 0 aromatic carbocycles. The van der Waals surface area contributed by atoms with Gasteiger partial charge in [0.25, 0.3) is 0 Å². The van der Waals surface area contributed by atoms with Crippen molar-refractivity contribution in [2.75, 3.05) is 18.0 Å². The standard InChI is InChI=1S/C13H18N2O3/c1-2-10-6-9(13(17)18)7-12(14-10)15-5-3-4-11(16)8-15/h6-7,11,16H,2-5,8H2,1H3,(H,17,18). The molecule has 1 fully saturated rings. The van der Waals surface area contributed by atoms with Crippen LogP contribution in [0, 0.1) is 0 Å². The number of anilines is 1. The highest BCUT2D eigenvalue weighted by Gasteiger charge is 2.20. The van der Waals surface area contributed by atoms with Crippen molar-refractivity contribution in [3.63, 3.8) is 0 Å². The number of nitrogens with zero attached hydrogens (tertiary/aromatic N) is 2. The van der Waals surface area contributed by atoms with E-state index in [0.29, 0.717) is 18.8 Å². The van der Waals surface area contributed by atoms with E-state index >= 15 is 0 Å². The second-order valence-electron chi connectivity index (χ2n) is 4.61. The molecule has 1 aliphatic rings. The van der Waals surface area contributed by atoms with Gasteiger partial charge in [-0.3, -0.25) is 0 Å². The summed E-state index contributed by atoms with van der Waals surface area (Å²) in [5.74, 6) is -0.281. The molecule has 1 unspecified atom stereocenters. The molecule has 0 aliphatic carbocycles. The summed E-state index contributed by atoms with van der Waals surface area (Å²) in [5, 5.41) is 18.7. The molecular formula is C13H18N2O3. The second kappa shape index (κ2) is 5.35. The highest BCUT2D eigenvalue weighted by atomic mass is 16.4. The van der Waals surface area contributed by atoms with Crippen LogP contribution in [0.2, 0.25) is 0 Å². The first-order valence-electron chi connectivity index (χ1n) is 6.27. The minimum Gasteiger partial charge on any atom is -0.478 e. The Balaban J connectivity index is 2.31. The summed E-state index contributed by atoms with van der Waals surface area (Å²) in [5.41, 5.74) is 1.03. The van der Waals surface area contributed by atoms with Crippen molar-refractivity contribution >= 4 is 11.8 Å². The van der Waals surface area contributed by atoms with Gasteiger partial charge in [0, 0.05) is 18.8 Å². The van der Waals surface area contributed by atoms with Gasteiger partial charge < -0.3 is 15.1 Å². The van der Waals surface area contributed by atoms with Crippen molar-refractivity contribution in [3.8, 4) is 0 Å². The van der Waals surface area contributed by atoms with Crippen LogP contribution in [0.3, 0.4) is 0 Å². The molecule has 18 heavy (non-hydrogen) atoms. The summed E-state index contributed by atoms with van der Waals surface area (Å²) in [6, 6.07) is 3.19. The Hall–Kier alpha value is -1.62. The third-order valence-electron chi connectivity index (χ3n) is 3.19. The van der Waals surface area contributed by atoms with Crippen molar-refractivity contribution in [3.05, 3.63) is 23.4 Å². The number of pyridine rings is 1. The average Bonchev–Trinajstić information content (AvgIpc) is 2.38. The predicted molar refractivity (Wildman–Crippen MR) is 68.0 cm³/mol. The molecule has 98 valence electrons. The molecule has 5 nitrogen and oxygen atoms in total. The Kier molecular flexibility index (Phi) is 3.81. The maximum atomic E-state index is 11.1. The van der Waals surface area contributed by atoms with Gasteiger partial charge in [0.15, 0.2) is 0 Å². The van der Waals surface area contributed by atoms with E-state index in [0.717, 1.165) is 25.1 Å². The van der Waals surface area contributed by atoms with Gasteiger partial charge in [0.1, 0.15) is 5.82 Å². The number of carboxylic acid groups (broad SMARTS) is 1. The molecular weight excluding hydrogens is 232 g/mol. The molecule has 1 aliphatic heterocycles. The van der Waals surface area contributed by atoms with Gasteiger partial charge in [-0.1, -0.05) is 6.92 Å². The SMILES string of the molecule is CCc1cc(C(=O)O)cc(N2CCCC(O)C2)n1. The molecule has 0 radical (unpaired) electrons. The third kappa shape index (κ3) is 2.79. The van der Waals surface area contributed by atoms with Crippen LogP contribution in [-0.2, 0) is 6.42 Å². The lowest BCUT2D eigenvalue weighted by Gasteiger charge is -2.31. The van der Waals surface area contributed by atoms with Crippen molar-refractivity contribution in [1.29, 1.82) is 0 Å². The summed E-state index contributed by atoms with van der Waals surface area (Å²) in [6.07, 6.45) is 2.06. The first kappa shape index (κ1) is 12.8. The predicted octanol–water partition coefficient (Wildman–Crippen LogP) is 1.30. The molecule has 2 rings (SSSR count). The Morgan fingerprint density at radius 1 is 1.56 bits per heavy atom. The fourth-order valence-electron chi connectivity index (χ4n) is 2.20. The third-order valence-corrected chi connectivity index (χ3v) is 3.19. The number of aliphatic hydroxyl groups is 1. The monoisotopic (exact) mass is 250 g/mol.